The Morgan fingerprint density at radius 1 is 1.20 bits per heavy atom. The summed E-state index contributed by atoms with van der Waals surface area (Å²) in [5, 5.41) is 0. The number of pyridine rings is 1. The number of halogens is 1. The Hall–Kier alpha value is -0.242. The van der Waals surface area contributed by atoms with Gasteiger partial charge in [-0.25, -0.2) is 0 Å². The molecule has 0 radical (unpaired) electrons. The van der Waals surface area contributed by atoms with Crippen molar-refractivity contribution in [3.63, 3.8) is 0 Å². The van der Waals surface area contributed by atoms with Crippen LogP contribution in [0.1, 0.15) is 0 Å². The van der Waals surface area contributed by atoms with Gasteiger partial charge in [0.15, 0.2) is 0 Å². The van der Waals surface area contributed by atoms with Gasteiger partial charge in [0.1, 0.15) is 0 Å². The Kier molecular flexibility index (Phi) is 3.90. The van der Waals surface area contributed by atoms with Crippen LogP contribution in [0.2, 0.25) is 0 Å². The van der Waals surface area contributed by atoms with E-state index >= 15 is 0 Å². The molecule has 76 valence electrons. The maximum atomic E-state index is 4.33. The standard InChI is InChI=1S/C11H9AsBrNS/c12-11-10(6-8(13)7-14-11)15-9-4-2-1-3-5-9/h1-7H,12H2. The number of hydrogen-bond acceptors (Lipinski definition) is 2. The van der Waals surface area contributed by atoms with Crippen molar-refractivity contribution >= 4 is 49.0 Å². The van der Waals surface area contributed by atoms with E-state index in [1.54, 1.807) is 28.6 Å². The third-order valence-electron chi connectivity index (χ3n) is 1.82. The van der Waals surface area contributed by atoms with E-state index in [4.69, 9.17) is 0 Å². The second-order valence-electron chi connectivity index (χ2n) is 2.95. The predicted molar refractivity (Wildman–Crippen MR) is 70.7 cm³/mol. The van der Waals surface area contributed by atoms with E-state index in [2.05, 4.69) is 39.1 Å². The summed E-state index contributed by atoms with van der Waals surface area (Å²) in [4.78, 5) is 6.80. The minimum atomic E-state index is 1.03. The Bertz CT molecular complexity index is 461. The number of nitrogens with zero attached hydrogens (tertiary/aromatic N) is 1. The van der Waals surface area contributed by atoms with Gasteiger partial charge in [0.25, 0.3) is 0 Å². The molecule has 0 aliphatic heterocycles. The molecule has 0 aliphatic carbocycles. The van der Waals surface area contributed by atoms with Gasteiger partial charge in [0.05, 0.1) is 0 Å². The van der Waals surface area contributed by atoms with E-state index in [0.29, 0.717) is 0 Å². The molecule has 1 aromatic carbocycles. The fraction of sp³-hybridized carbons (Fsp3) is 0. The van der Waals surface area contributed by atoms with Crippen molar-refractivity contribution in [3.8, 4) is 0 Å². The Balaban J connectivity index is 2.28. The van der Waals surface area contributed by atoms with E-state index < -0.39 is 0 Å². The predicted octanol–water partition coefficient (Wildman–Crippen LogP) is 2.25. The molecule has 2 aromatic rings. The molecule has 1 aromatic heterocycles. The van der Waals surface area contributed by atoms with Crippen molar-refractivity contribution in [1.29, 1.82) is 0 Å². The SMILES string of the molecule is [AsH2]c1ncc(Br)cc1Sc1ccccc1. The first-order valence-corrected chi connectivity index (χ1v) is 7.22. The summed E-state index contributed by atoms with van der Waals surface area (Å²) in [5.74, 6) is 0. The number of aromatic nitrogens is 1. The van der Waals surface area contributed by atoms with Crippen molar-refractivity contribution in [3.05, 3.63) is 47.1 Å². The van der Waals surface area contributed by atoms with Crippen LogP contribution in [-0.2, 0) is 0 Å². The molecule has 15 heavy (non-hydrogen) atoms. The van der Waals surface area contributed by atoms with Gasteiger partial charge in [0.2, 0.25) is 0 Å². The van der Waals surface area contributed by atoms with E-state index in [0.717, 1.165) is 8.95 Å². The molecule has 0 spiro atoms. The molecule has 0 saturated carbocycles. The summed E-state index contributed by atoms with van der Waals surface area (Å²) in [5.41, 5.74) is 0. The van der Waals surface area contributed by atoms with Crippen molar-refractivity contribution in [1.82, 2.24) is 4.98 Å². The summed E-state index contributed by atoms with van der Waals surface area (Å²) in [6.07, 6.45) is 1.84. The quantitative estimate of drug-likeness (QED) is 0.777. The van der Waals surface area contributed by atoms with Crippen molar-refractivity contribution in [2.45, 2.75) is 9.79 Å². The molecular weight excluding hydrogens is 333 g/mol. The third-order valence-corrected chi connectivity index (χ3v) is 4.71. The van der Waals surface area contributed by atoms with Crippen molar-refractivity contribution < 1.29 is 0 Å². The minimum absolute atomic E-state index is 1.03. The van der Waals surface area contributed by atoms with E-state index in [9.17, 15) is 0 Å². The third kappa shape index (κ3) is 3.10. The molecular formula is C11H9AsBrNS. The summed E-state index contributed by atoms with van der Waals surface area (Å²) < 4.78 is 2.15. The van der Waals surface area contributed by atoms with Crippen LogP contribution in [0.15, 0.2) is 56.9 Å². The Labute approximate surface area is 110 Å². The molecule has 1 atom stereocenters. The molecule has 1 nitrogen and oxygen atoms in total. The van der Waals surface area contributed by atoms with Gasteiger partial charge in [-0.1, -0.05) is 0 Å². The van der Waals surface area contributed by atoms with Gasteiger partial charge in [-0.15, -0.1) is 0 Å². The van der Waals surface area contributed by atoms with Crippen molar-refractivity contribution in [2.75, 3.05) is 0 Å². The molecule has 2 rings (SSSR count). The zero-order valence-electron chi connectivity index (χ0n) is 7.85. The van der Waals surface area contributed by atoms with Crippen LogP contribution in [0.3, 0.4) is 0 Å². The van der Waals surface area contributed by atoms with Gasteiger partial charge in [-0.3, -0.25) is 0 Å². The van der Waals surface area contributed by atoms with Gasteiger partial charge in [0, 0.05) is 0 Å². The fourth-order valence-corrected chi connectivity index (χ4v) is 3.20. The summed E-state index contributed by atoms with van der Waals surface area (Å²) in [6, 6.07) is 12.5. The van der Waals surface area contributed by atoms with Gasteiger partial charge in [-0.2, -0.15) is 0 Å². The molecule has 0 fully saturated rings. The second-order valence-corrected chi connectivity index (χ2v) is 6.13. The van der Waals surface area contributed by atoms with Crippen LogP contribution in [0.4, 0.5) is 0 Å². The Morgan fingerprint density at radius 2 is 1.93 bits per heavy atom. The normalized spacial score (nSPS) is 10.3. The first kappa shape index (κ1) is 11.2. The number of hydrogen-bond donors (Lipinski definition) is 0. The zero-order chi connectivity index (χ0) is 10.7. The van der Waals surface area contributed by atoms with Gasteiger partial charge >= 0.3 is 111 Å². The van der Waals surface area contributed by atoms with Crippen LogP contribution < -0.4 is 4.48 Å². The van der Waals surface area contributed by atoms with Crippen molar-refractivity contribution in [2.24, 2.45) is 0 Å². The van der Waals surface area contributed by atoms with Crippen LogP contribution in [0.5, 0.6) is 0 Å². The van der Waals surface area contributed by atoms with Crippen LogP contribution in [0, 0.1) is 0 Å². The zero-order valence-corrected chi connectivity index (χ0v) is 12.7. The average Bonchev–Trinajstić information content (AvgIpc) is 2.25. The van der Waals surface area contributed by atoms with Gasteiger partial charge in [-0.05, 0) is 0 Å². The molecule has 1 unspecified atom stereocenters. The van der Waals surface area contributed by atoms with Crippen LogP contribution in [-0.4, -0.2) is 21.8 Å². The van der Waals surface area contributed by atoms with Crippen LogP contribution in [0.25, 0.3) is 0 Å². The van der Waals surface area contributed by atoms with E-state index in [-0.39, 0.29) is 0 Å². The monoisotopic (exact) mass is 341 g/mol. The van der Waals surface area contributed by atoms with E-state index in [1.807, 2.05) is 24.4 Å². The van der Waals surface area contributed by atoms with Crippen LogP contribution >= 0.6 is 27.7 Å². The summed E-state index contributed by atoms with van der Waals surface area (Å²) in [7, 11) is 0. The second kappa shape index (κ2) is 5.20. The average molecular weight is 342 g/mol. The first-order valence-electron chi connectivity index (χ1n) is 4.39. The molecule has 1 heterocycles. The molecule has 0 aliphatic rings. The molecule has 4 heteroatoms. The molecule has 0 N–H and O–H groups in total. The maximum absolute atomic E-state index is 4.33. The first-order chi connectivity index (χ1) is 7.25. The number of rotatable bonds is 2. The Morgan fingerprint density at radius 3 is 2.67 bits per heavy atom. The molecule has 0 amide bonds. The van der Waals surface area contributed by atoms with Gasteiger partial charge < -0.3 is 0 Å². The number of benzene rings is 1. The summed E-state index contributed by atoms with van der Waals surface area (Å²) >= 11 is 6.75. The topological polar surface area (TPSA) is 12.9 Å². The summed E-state index contributed by atoms with van der Waals surface area (Å²) in [6.45, 7) is 0. The fourth-order valence-electron chi connectivity index (χ4n) is 1.13. The van der Waals surface area contributed by atoms with E-state index in [1.165, 1.54) is 9.79 Å². The molecule has 0 saturated heterocycles. The molecule has 0 bridgehead atoms.